The highest BCUT2D eigenvalue weighted by Gasteiger charge is 2.04. The molecule has 1 N–H and O–H groups in total. The number of rotatable bonds is 1. The molecule has 4 heteroatoms. The Morgan fingerprint density at radius 1 is 1.47 bits per heavy atom. The summed E-state index contributed by atoms with van der Waals surface area (Å²) in [5.41, 5.74) is 2.55. The van der Waals surface area contributed by atoms with Crippen molar-refractivity contribution in [1.82, 2.24) is 4.98 Å². The van der Waals surface area contributed by atoms with Crippen molar-refractivity contribution >= 4 is 28.7 Å². The molecule has 2 aromatic rings. The van der Waals surface area contributed by atoms with Gasteiger partial charge in [0.15, 0.2) is 0 Å². The first-order chi connectivity index (χ1) is 7.22. The summed E-state index contributed by atoms with van der Waals surface area (Å²) in [6, 6.07) is 7.72. The Labute approximate surface area is 92.0 Å². The van der Waals surface area contributed by atoms with Crippen molar-refractivity contribution in [3.8, 4) is 0 Å². The minimum atomic E-state index is 0.342. The molecule has 1 aromatic carbocycles. The number of benzene rings is 1. The predicted octanol–water partition coefficient (Wildman–Crippen LogP) is 3.00. The predicted molar refractivity (Wildman–Crippen MR) is 60.9 cm³/mol. The van der Waals surface area contributed by atoms with E-state index in [1.54, 1.807) is 0 Å². The van der Waals surface area contributed by atoms with E-state index in [-0.39, 0.29) is 0 Å². The van der Waals surface area contributed by atoms with E-state index in [0.717, 1.165) is 16.5 Å². The smallest absolute Gasteiger partial charge is 0.138 e. The zero-order valence-corrected chi connectivity index (χ0v) is 8.86. The summed E-state index contributed by atoms with van der Waals surface area (Å²) in [5, 5.41) is 12.7. The molecule has 1 heterocycles. The van der Waals surface area contributed by atoms with Gasteiger partial charge in [0, 0.05) is 10.9 Å². The minimum Gasteiger partial charge on any atom is -0.411 e. The van der Waals surface area contributed by atoms with E-state index in [2.05, 4.69) is 10.1 Å². The SMILES string of the molecule is Cc1cccc2cc(/C=N/O)c(Cl)nc12. The van der Waals surface area contributed by atoms with Gasteiger partial charge in [-0.1, -0.05) is 35.0 Å². The first kappa shape index (κ1) is 9.93. The van der Waals surface area contributed by atoms with Crippen LogP contribution >= 0.6 is 11.6 Å². The number of hydrogen-bond donors (Lipinski definition) is 1. The highest BCUT2D eigenvalue weighted by Crippen LogP contribution is 2.21. The molecular formula is C11H9ClN2O. The Balaban J connectivity index is 2.76. The number of nitrogens with zero attached hydrogens (tertiary/aromatic N) is 2. The maximum absolute atomic E-state index is 8.45. The van der Waals surface area contributed by atoms with E-state index >= 15 is 0 Å². The van der Waals surface area contributed by atoms with Crippen LogP contribution in [0.25, 0.3) is 10.9 Å². The van der Waals surface area contributed by atoms with Crippen LogP contribution in [0.4, 0.5) is 0 Å². The summed E-state index contributed by atoms with van der Waals surface area (Å²) < 4.78 is 0. The lowest BCUT2D eigenvalue weighted by atomic mass is 10.1. The number of halogens is 1. The van der Waals surface area contributed by atoms with Gasteiger partial charge in [-0.05, 0) is 18.6 Å². The van der Waals surface area contributed by atoms with Crippen molar-refractivity contribution in [3.05, 3.63) is 40.5 Å². The second-order valence-corrected chi connectivity index (χ2v) is 3.62. The van der Waals surface area contributed by atoms with Crippen LogP contribution in [-0.4, -0.2) is 16.4 Å². The van der Waals surface area contributed by atoms with Gasteiger partial charge in [0.05, 0.1) is 11.7 Å². The van der Waals surface area contributed by atoms with Crippen LogP contribution in [0.2, 0.25) is 5.15 Å². The first-order valence-electron chi connectivity index (χ1n) is 4.45. The molecule has 0 spiro atoms. The molecule has 0 amide bonds. The van der Waals surface area contributed by atoms with Crippen molar-refractivity contribution in [3.63, 3.8) is 0 Å². The number of para-hydroxylation sites is 1. The van der Waals surface area contributed by atoms with Gasteiger partial charge in [-0.15, -0.1) is 0 Å². The molecule has 0 bridgehead atoms. The monoisotopic (exact) mass is 220 g/mol. The second kappa shape index (κ2) is 3.87. The fraction of sp³-hybridized carbons (Fsp3) is 0.0909. The lowest BCUT2D eigenvalue weighted by Crippen LogP contribution is -1.90. The molecule has 0 aliphatic heterocycles. The highest BCUT2D eigenvalue weighted by molar-refractivity contribution is 6.32. The largest absolute Gasteiger partial charge is 0.411 e. The third-order valence-electron chi connectivity index (χ3n) is 2.22. The van der Waals surface area contributed by atoms with E-state index in [9.17, 15) is 0 Å². The standard InChI is InChI=1S/C11H9ClN2O/c1-7-3-2-4-8-5-9(6-13-15)11(12)14-10(7)8/h2-6,15H,1H3/b13-6+. The average Bonchev–Trinajstić information content (AvgIpc) is 2.21. The Kier molecular flexibility index (Phi) is 2.56. The van der Waals surface area contributed by atoms with E-state index < -0.39 is 0 Å². The quantitative estimate of drug-likeness (QED) is 0.348. The van der Waals surface area contributed by atoms with Crippen LogP contribution in [0.15, 0.2) is 29.4 Å². The van der Waals surface area contributed by atoms with E-state index in [4.69, 9.17) is 16.8 Å². The van der Waals surface area contributed by atoms with Crippen LogP contribution in [0.3, 0.4) is 0 Å². The Morgan fingerprint density at radius 2 is 2.27 bits per heavy atom. The summed E-state index contributed by atoms with van der Waals surface area (Å²) in [6.45, 7) is 1.98. The van der Waals surface area contributed by atoms with E-state index in [1.165, 1.54) is 6.21 Å². The molecule has 0 saturated heterocycles. The summed E-state index contributed by atoms with van der Waals surface area (Å²) in [5.74, 6) is 0. The number of fused-ring (bicyclic) bond motifs is 1. The summed E-state index contributed by atoms with van der Waals surface area (Å²) in [7, 11) is 0. The molecule has 0 aliphatic rings. The fourth-order valence-corrected chi connectivity index (χ4v) is 1.68. The van der Waals surface area contributed by atoms with Crippen molar-refractivity contribution in [1.29, 1.82) is 0 Å². The average molecular weight is 221 g/mol. The molecule has 2 rings (SSSR count). The maximum atomic E-state index is 8.45. The van der Waals surface area contributed by atoms with Crippen molar-refractivity contribution < 1.29 is 5.21 Å². The van der Waals surface area contributed by atoms with Gasteiger partial charge in [-0.3, -0.25) is 0 Å². The zero-order chi connectivity index (χ0) is 10.8. The summed E-state index contributed by atoms with van der Waals surface area (Å²) in [6.07, 6.45) is 1.27. The zero-order valence-electron chi connectivity index (χ0n) is 8.11. The van der Waals surface area contributed by atoms with Crippen molar-refractivity contribution in [2.45, 2.75) is 6.92 Å². The van der Waals surface area contributed by atoms with E-state index in [1.807, 2.05) is 31.2 Å². The Morgan fingerprint density at radius 3 is 3.00 bits per heavy atom. The van der Waals surface area contributed by atoms with Crippen LogP contribution in [0, 0.1) is 6.92 Å². The van der Waals surface area contributed by atoms with Crippen LogP contribution < -0.4 is 0 Å². The lowest BCUT2D eigenvalue weighted by molar-refractivity contribution is 0.322. The molecule has 0 saturated carbocycles. The van der Waals surface area contributed by atoms with E-state index in [0.29, 0.717) is 10.7 Å². The van der Waals surface area contributed by atoms with Crippen LogP contribution in [0.5, 0.6) is 0 Å². The van der Waals surface area contributed by atoms with Gasteiger partial charge < -0.3 is 5.21 Å². The molecular weight excluding hydrogens is 212 g/mol. The van der Waals surface area contributed by atoms with Crippen LogP contribution in [-0.2, 0) is 0 Å². The summed E-state index contributed by atoms with van der Waals surface area (Å²) >= 11 is 5.94. The van der Waals surface area contributed by atoms with Gasteiger partial charge in [0.25, 0.3) is 0 Å². The molecule has 0 atom stereocenters. The lowest BCUT2D eigenvalue weighted by Gasteiger charge is -2.03. The van der Waals surface area contributed by atoms with Gasteiger partial charge in [0.1, 0.15) is 5.15 Å². The number of hydrogen-bond acceptors (Lipinski definition) is 3. The first-order valence-corrected chi connectivity index (χ1v) is 4.83. The maximum Gasteiger partial charge on any atom is 0.138 e. The molecule has 3 nitrogen and oxygen atoms in total. The summed E-state index contributed by atoms with van der Waals surface area (Å²) in [4.78, 5) is 4.26. The molecule has 0 unspecified atom stereocenters. The molecule has 0 radical (unpaired) electrons. The number of aromatic nitrogens is 1. The van der Waals surface area contributed by atoms with Crippen LogP contribution in [0.1, 0.15) is 11.1 Å². The molecule has 15 heavy (non-hydrogen) atoms. The van der Waals surface area contributed by atoms with Gasteiger partial charge in [0.2, 0.25) is 0 Å². The molecule has 1 aromatic heterocycles. The van der Waals surface area contributed by atoms with Gasteiger partial charge in [-0.25, -0.2) is 4.98 Å². The normalized spacial score (nSPS) is 11.3. The van der Waals surface area contributed by atoms with Gasteiger partial charge >= 0.3 is 0 Å². The number of aryl methyl sites for hydroxylation is 1. The highest BCUT2D eigenvalue weighted by atomic mass is 35.5. The molecule has 0 fully saturated rings. The number of pyridine rings is 1. The number of oxime groups is 1. The molecule has 0 aliphatic carbocycles. The Hall–Kier alpha value is -1.61. The topological polar surface area (TPSA) is 45.5 Å². The third kappa shape index (κ3) is 1.78. The Bertz CT molecular complexity index is 537. The van der Waals surface area contributed by atoms with Crippen molar-refractivity contribution in [2.24, 2.45) is 5.16 Å². The second-order valence-electron chi connectivity index (χ2n) is 3.26. The third-order valence-corrected chi connectivity index (χ3v) is 2.53. The minimum absolute atomic E-state index is 0.342. The molecule has 76 valence electrons. The van der Waals surface area contributed by atoms with Gasteiger partial charge in [-0.2, -0.15) is 0 Å². The fourth-order valence-electron chi connectivity index (χ4n) is 1.49. The van der Waals surface area contributed by atoms with Crippen molar-refractivity contribution in [2.75, 3.05) is 0 Å².